The lowest BCUT2D eigenvalue weighted by molar-refractivity contribution is -0.131. The van der Waals surface area contributed by atoms with Gasteiger partial charge in [0.2, 0.25) is 5.91 Å². The van der Waals surface area contributed by atoms with Crippen LogP contribution < -0.4 is 15.5 Å². The summed E-state index contributed by atoms with van der Waals surface area (Å²) in [7, 11) is 0. The largest absolute Gasteiger partial charge is 0.368 e. The summed E-state index contributed by atoms with van der Waals surface area (Å²) in [5.41, 5.74) is 2.49. The van der Waals surface area contributed by atoms with Gasteiger partial charge in [0.05, 0.1) is 0 Å². The first-order chi connectivity index (χ1) is 15.5. The molecule has 7 heteroatoms. The SMILES string of the molecule is CCC(=O)N1CCN(c2ccc(NC(=S)NC(=O)c3cccc4ccccc34)cc2)CC1. The molecular weight excluding hydrogens is 420 g/mol. The van der Waals surface area contributed by atoms with Crippen molar-refractivity contribution in [3.8, 4) is 0 Å². The number of hydrogen-bond acceptors (Lipinski definition) is 4. The van der Waals surface area contributed by atoms with Gasteiger partial charge in [-0.3, -0.25) is 14.9 Å². The van der Waals surface area contributed by atoms with Crippen LogP contribution in [0.15, 0.2) is 66.7 Å². The Bertz CT molecular complexity index is 1130. The van der Waals surface area contributed by atoms with Crippen LogP contribution in [0.25, 0.3) is 10.8 Å². The smallest absolute Gasteiger partial charge is 0.258 e. The van der Waals surface area contributed by atoms with Gasteiger partial charge in [0.15, 0.2) is 5.11 Å². The van der Waals surface area contributed by atoms with E-state index in [9.17, 15) is 9.59 Å². The van der Waals surface area contributed by atoms with Crippen LogP contribution in [-0.4, -0.2) is 48.0 Å². The van der Waals surface area contributed by atoms with Crippen molar-refractivity contribution in [3.05, 3.63) is 72.3 Å². The number of benzene rings is 3. The number of hydrogen-bond donors (Lipinski definition) is 2. The molecule has 6 nitrogen and oxygen atoms in total. The highest BCUT2D eigenvalue weighted by Gasteiger charge is 2.20. The standard InChI is InChI=1S/C25H26N4O2S/c1-2-23(30)29-16-14-28(15-17-29)20-12-10-19(11-13-20)26-25(32)27-24(31)22-9-5-7-18-6-3-4-8-21(18)22/h3-13H,2,14-17H2,1H3,(H2,26,27,31,32). The van der Waals surface area contributed by atoms with Gasteiger partial charge >= 0.3 is 0 Å². The second-order valence-corrected chi connectivity index (χ2v) is 8.11. The lowest BCUT2D eigenvalue weighted by atomic mass is 10.0. The molecule has 1 heterocycles. The summed E-state index contributed by atoms with van der Waals surface area (Å²) in [6.07, 6.45) is 0.553. The zero-order chi connectivity index (χ0) is 22.5. The van der Waals surface area contributed by atoms with Crippen molar-refractivity contribution in [2.75, 3.05) is 36.4 Å². The van der Waals surface area contributed by atoms with Gasteiger partial charge in [-0.15, -0.1) is 0 Å². The van der Waals surface area contributed by atoms with E-state index < -0.39 is 0 Å². The molecule has 2 amide bonds. The molecule has 1 saturated heterocycles. The third-order valence-electron chi connectivity index (χ3n) is 5.69. The van der Waals surface area contributed by atoms with E-state index in [4.69, 9.17) is 12.2 Å². The zero-order valence-corrected chi connectivity index (χ0v) is 18.8. The molecule has 0 aliphatic carbocycles. The Balaban J connectivity index is 1.34. The van der Waals surface area contributed by atoms with Gasteiger partial charge in [-0.2, -0.15) is 0 Å². The molecular formula is C25H26N4O2S. The molecule has 0 atom stereocenters. The minimum Gasteiger partial charge on any atom is -0.368 e. The van der Waals surface area contributed by atoms with E-state index in [1.54, 1.807) is 6.07 Å². The van der Waals surface area contributed by atoms with Gasteiger partial charge in [0.25, 0.3) is 5.91 Å². The maximum absolute atomic E-state index is 12.7. The Morgan fingerprint density at radius 3 is 2.31 bits per heavy atom. The highest BCUT2D eigenvalue weighted by Crippen LogP contribution is 2.21. The summed E-state index contributed by atoms with van der Waals surface area (Å²) in [5.74, 6) is -0.0290. The van der Waals surface area contributed by atoms with Gasteiger partial charge in [0.1, 0.15) is 0 Å². The molecule has 0 aromatic heterocycles. The van der Waals surface area contributed by atoms with Gasteiger partial charge in [-0.25, -0.2) is 0 Å². The second-order valence-electron chi connectivity index (χ2n) is 7.70. The summed E-state index contributed by atoms with van der Waals surface area (Å²) in [4.78, 5) is 28.8. The maximum atomic E-state index is 12.7. The number of anilines is 2. The van der Waals surface area contributed by atoms with E-state index >= 15 is 0 Å². The summed E-state index contributed by atoms with van der Waals surface area (Å²) in [5, 5.41) is 8.00. The highest BCUT2D eigenvalue weighted by atomic mass is 32.1. The molecule has 0 unspecified atom stereocenters. The first-order valence-electron chi connectivity index (χ1n) is 10.8. The fourth-order valence-corrected chi connectivity index (χ4v) is 4.16. The van der Waals surface area contributed by atoms with E-state index in [-0.39, 0.29) is 16.9 Å². The molecule has 0 saturated carbocycles. The first-order valence-corrected chi connectivity index (χ1v) is 11.2. The summed E-state index contributed by atoms with van der Waals surface area (Å²) >= 11 is 5.35. The molecule has 1 aliphatic heterocycles. The molecule has 3 aromatic rings. The molecule has 4 rings (SSSR count). The van der Waals surface area contributed by atoms with E-state index in [1.165, 1.54) is 0 Å². The number of carbonyl (C=O) groups excluding carboxylic acids is 2. The Labute approximate surface area is 193 Å². The van der Waals surface area contributed by atoms with Crippen LogP contribution in [0.1, 0.15) is 23.7 Å². The van der Waals surface area contributed by atoms with E-state index in [0.717, 1.165) is 48.3 Å². The predicted molar refractivity (Wildman–Crippen MR) is 133 cm³/mol. The normalized spacial score (nSPS) is 13.7. The summed E-state index contributed by atoms with van der Waals surface area (Å²) in [6, 6.07) is 21.3. The number of fused-ring (bicyclic) bond motifs is 1. The van der Waals surface area contributed by atoms with Crippen molar-refractivity contribution in [1.82, 2.24) is 10.2 Å². The number of thiocarbonyl (C=S) groups is 1. The van der Waals surface area contributed by atoms with Crippen molar-refractivity contribution in [2.45, 2.75) is 13.3 Å². The summed E-state index contributed by atoms with van der Waals surface area (Å²) in [6.45, 7) is 5.03. The average molecular weight is 447 g/mol. The van der Waals surface area contributed by atoms with E-state index in [1.807, 2.05) is 72.5 Å². The van der Waals surface area contributed by atoms with Crippen LogP contribution in [0.3, 0.4) is 0 Å². The molecule has 164 valence electrons. The maximum Gasteiger partial charge on any atom is 0.258 e. The molecule has 0 radical (unpaired) electrons. The van der Waals surface area contributed by atoms with Crippen molar-refractivity contribution in [1.29, 1.82) is 0 Å². The summed E-state index contributed by atoms with van der Waals surface area (Å²) < 4.78 is 0. The Hall–Kier alpha value is -3.45. The van der Waals surface area contributed by atoms with Gasteiger partial charge in [-0.05, 0) is 53.3 Å². The number of carbonyl (C=O) groups is 2. The second kappa shape index (κ2) is 9.78. The molecule has 0 bridgehead atoms. The van der Waals surface area contributed by atoms with E-state index in [2.05, 4.69) is 15.5 Å². The number of amides is 2. The van der Waals surface area contributed by atoms with Crippen molar-refractivity contribution in [2.24, 2.45) is 0 Å². The first kappa shape index (κ1) is 21.8. The molecule has 1 aliphatic rings. The third-order valence-corrected chi connectivity index (χ3v) is 5.89. The van der Waals surface area contributed by atoms with Crippen LogP contribution in [0.2, 0.25) is 0 Å². The Kier molecular flexibility index (Phi) is 6.66. The Morgan fingerprint density at radius 1 is 0.906 bits per heavy atom. The fraction of sp³-hybridized carbons (Fsp3) is 0.240. The molecule has 0 spiro atoms. The predicted octanol–water partition coefficient (Wildman–Crippen LogP) is 4.03. The molecule has 1 fully saturated rings. The number of nitrogens with one attached hydrogen (secondary N) is 2. The third kappa shape index (κ3) is 4.89. The van der Waals surface area contributed by atoms with Crippen LogP contribution in [-0.2, 0) is 4.79 Å². The molecule has 2 N–H and O–H groups in total. The molecule has 32 heavy (non-hydrogen) atoms. The van der Waals surface area contributed by atoms with Gasteiger partial charge < -0.3 is 15.1 Å². The van der Waals surface area contributed by atoms with Crippen LogP contribution in [0.5, 0.6) is 0 Å². The van der Waals surface area contributed by atoms with Gasteiger partial charge in [0, 0.05) is 49.5 Å². The van der Waals surface area contributed by atoms with Gasteiger partial charge in [-0.1, -0.05) is 43.3 Å². The van der Waals surface area contributed by atoms with Crippen molar-refractivity contribution < 1.29 is 9.59 Å². The monoisotopic (exact) mass is 446 g/mol. The van der Waals surface area contributed by atoms with Crippen molar-refractivity contribution >= 4 is 51.3 Å². The number of rotatable bonds is 4. The number of piperazine rings is 1. The molecule has 3 aromatic carbocycles. The van der Waals surface area contributed by atoms with Crippen LogP contribution >= 0.6 is 12.2 Å². The quantitative estimate of drug-likeness (QED) is 0.593. The Morgan fingerprint density at radius 2 is 1.59 bits per heavy atom. The lowest BCUT2D eigenvalue weighted by Gasteiger charge is -2.36. The average Bonchev–Trinajstić information content (AvgIpc) is 2.83. The minimum atomic E-state index is -0.240. The lowest BCUT2D eigenvalue weighted by Crippen LogP contribution is -2.48. The topological polar surface area (TPSA) is 64.7 Å². The van der Waals surface area contributed by atoms with Crippen LogP contribution in [0, 0.1) is 0 Å². The number of nitrogens with zero attached hydrogens (tertiary/aromatic N) is 2. The minimum absolute atomic E-state index is 0.211. The zero-order valence-electron chi connectivity index (χ0n) is 18.0. The fourth-order valence-electron chi connectivity index (χ4n) is 3.95. The highest BCUT2D eigenvalue weighted by molar-refractivity contribution is 7.80. The van der Waals surface area contributed by atoms with Crippen molar-refractivity contribution in [3.63, 3.8) is 0 Å². The van der Waals surface area contributed by atoms with E-state index in [0.29, 0.717) is 12.0 Å². The van der Waals surface area contributed by atoms with Crippen LogP contribution in [0.4, 0.5) is 11.4 Å².